The number of hydrogen-bond donors (Lipinski definition) is 0. The van der Waals surface area contributed by atoms with Crippen LogP contribution >= 0.6 is 0 Å². The molecule has 0 N–H and O–H groups in total. The van der Waals surface area contributed by atoms with Crippen LogP contribution in [0.15, 0.2) is 59.8 Å². The van der Waals surface area contributed by atoms with Gasteiger partial charge in [0.05, 0.1) is 0 Å². The van der Waals surface area contributed by atoms with E-state index in [1.54, 1.807) is 0 Å². The molecule has 1 aliphatic heterocycles. The van der Waals surface area contributed by atoms with Gasteiger partial charge in [0.2, 0.25) is 0 Å². The molecule has 2 heteroatoms. The number of rotatable bonds is 6. The number of allylic oxidation sites excluding steroid dienone is 6. The summed E-state index contributed by atoms with van der Waals surface area (Å²) in [5.74, 6) is 0.623. The quantitative estimate of drug-likeness (QED) is 0.616. The van der Waals surface area contributed by atoms with Crippen LogP contribution in [0, 0.1) is 5.92 Å². The van der Waals surface area contributed by atoms with Gasteiger partial charge < -0.3 is 9.64 Å². The van der Waals surface area contributed by atoms with Crippen LogP contribution in [0.5, 0.6) is 0 Å². The zero-order chi connectivity index (χ0) is 18.4. The summed E-state index contributed by atoms with van der Waals surface area (Å²) in [7, 11) is 2.26. The Morgan fingerprint density at radius 1 is 1.19 bits per heavy atom. The molecule has 3 aliphatic rings. The van der Waals surface area contributed by atoms with E-state index >= 15 is 0 Å². The Balaban J connectivity index is 1.74. The Morgan fingerprint density at radius 3 is 2.85 bits per heavy atom. The molecule has 0 bridgehead atoms. The molecule has 0 aromatic carbocycles. The first kappa shape index (κ1) is 19.4. The molecule has 0 saturated carbocycles. The summed E-state index contributed by atoms with van der Waals surface area (Å²) in [4.78, 5) is 2.51. The first-order valence-electron chi connectivity index (χ1n) is 10.4. The highest BCUT2D eigenvalue weighted by Crippen LogP contribution is 2.36. The monoisotopic (exact) mass is 353 g/mol. The van der Waals surface area contributed by atoms with Crippen LogP contribution in [-0.2, 0) is 4.74 Å². The van der Waals surface area contributed by atoms with Crippen molar-refractivity contribution >= 4 is 0 Å². The van der Waals surface area contributed by atoms with Crippen molar-refractivity contribution in [3.63, 3.8) is 0 Å². The van der Waals surface area contributed by atoms with Crippen LogP contribution < -0.4 is 0 Å². The van der Waals surface area contributed by atoms with Crippen molar-refractivity contribution < 1.29 is 4.74 Å². The van der Waals surface area contributed by atoms with E-state index in [-0.39, 0.29) is 5.60 Å². The SMILES string of the molecule is CC1C=CC([C@](C)(OCC[C@H]2CCCCN2C)C2=CC=CCC=C2)=CC1. The number of likely N-dealkylation sites (tertiary alicyclic amines) is 1. The van der Waals surface area contributed by atoms with E-state index in [4.69, 9.17) is 4.74 Å². The maximum absolute atomic E-state index is 6.65. The first-order valence-corrected chi connectivity index (χ1v) is 10.4. The Bertz CT molecular complexity index is 624. The standard InChI is InChI=1S/C24H35NO/c1-20-13-15-22(16-14-20)24(2,21-10-6-4-5-7-11-21)26-19-17-23-12-8-9-18-25(23)3/h4,6-7,10-11,13,15-16,20,23H,5,8-9,12,14,17-19H2,1-3H3/t20?,23-,24-/m1/s1. The molecule has 0 amide bonds. The summed E-state index contributed by atoms with van der Waals surface area (Å²) in [6, 6.07) is 0.669. The minimum atomic E-state index is -0.366. The van der Waals surface area contributed by atoms with Crippen LogP contribution in [0.25, 0.3) is 0 Å². The van der Waals surface area contributed by atoms with E-state index in [1.807, 2.05) is 0 Å². The van der Waals surface area contributed by atoms with Crippen LogP contribution in [-0.4, -0.2) is 36.7 Å². The van der Waals surface area contributed by atoms with E-state index in [9.17, 15) is 0 Å². The van der Waals surface area contributed by atoms with Crippen molar-refractivity contribution in [2.75, 3.05) is 20.2 Å². The number of ether oxygens (including phenoxy) is 1. The minimum Gasteiger partial charge on any atom is -0.366 e. The molecule has 1 unspecified atom stereocenters. The van der Waals surface area contributed by atoms with Gasteiger partial charge in [0.25, 0.3) is 0 Å². The average molecular weight is 354 g/mol. The molecule has 0 radical (unpaired) electrons. The highest BCUT2D eigenvalue weighted by molar-refractivity contribution is 5.47. The number of nitrogens with zero attached hydrogens (tertiary/aromatic N) is 1. The van der Waals surface area contributed by atoms with Crippen molar-refractivity contribution in [2.45, 2.75) is 64.0 Å². The molecule has 0 aromatic heterocycles. The van der Waals surface area contributed by atoms with E-state index in [0.29, 0.717) is 12.0 Å². The maximum atomic E-state index is 6.65. The zero-order valence-electron chi connectivity index (χ0n) is 16.8. The smallest absolute Gasteiger partial charge is 0.115 e. The number of hydrogen-bond acceptors (Lipinski definition) is 2. The van der Waals surface area contributed by atoms with Crippen LogP contribution in [0.4, 0.5) is 0 Å². The van der Waals surface area contributed by atoms with E-state index in [1.165, 1.54) is 37.0 Å². The third kappa shape index (κ3) is 4.66. The number of piperidine rings is 1. The Hall–Kier alpha value is -1.38. The molecule has 142 valence electrons. The molecular formula is C24H35NO. The highest BCUT2D eigenvalue weighted by Gasteiger charge is 2.33. The Labute approximate surface area is 160 Å². The lowest BCUT2D eigenvalue weighted by molar-refractivity contribution is 0.0127. The van der Waals surface area contributed by atoms with E-state index in [2.05, 4.69) is 74.4 Å². The van der Waals surface area contributed by atoms with Crippen molar-refractivity contribution in [3.8, 4) is 0 Å². The summed E-state index contributed by atoms with van der Waals surface area (Å²) < 4.78 is 6.65. The molecular weight excluding hydrogens is 318 g/mol. The highest BCUT2D eigenvalue weighted by atomic mass is 16.5. The van der Waals surface area contributed by atoms with E-state index in [0.717, 1.165) is 25.9 Å². The van der Waals surface area contributed by atoms with Gasteiger partial charge in [-0.05, 0) is 69.7 Å². The van der Waals surface area contributed by atoms with Crippen LogP contribution in [0.1, 0.15) is 52.4 Å². The fraction of sp³-hybridized carbons (Fsp3) is 0.583. The third-order valence-corrected chi connectivity index (χ3v) is 6.16. The molecule has 26 heavy (non-hydrogen) atoms. The van der Waals surface area contributed by atoms with Gasteiger partial charge in [-0.15, -0.1) is 0 Å². The largest absolute Gasteiger partial charge is 0.366 e. The van der Waals surface area contributed by atoms with Crippen LogP contribution in [0.3, 0.4) is 0 Å². The lowest BCUT2D eigenvalue weighted by atomic mass is 9.82. The van der Waals surface area contributed by atoms with Crippen LogP contribution in [0.2, 0.25) is 0 Å². The summed E-state index contributed by atoms with van der Waals surface area (Å²) in [6.07, 6.45) is 25.3. The van der Waals surface area contributed by atoms with Gasteiger partial charge in [0, 0.05) is 12.6 Å². The van der Waals surface area contributed by atoms with Gasteiger partial charge in [-0.1, -0.05) is 62.0 Å². The normalized spacial score (nSPS) is 29.0. The van der Waals surface area contributed by atoms with Crippen molar-refractivity contribution in [1.29, 1.82) is 0 Å². The fourth-order valence-corrected chi connectivity index (χ4v) is 4.22. The second kappa shape index (κ2) is 9.01. The lowest BCUT2D eigenvalue weighted by Crippen LogP contribution is -2.39. The first-order chi connectivity index (χ1) is 12.6. The van der Waals surface area contributed by atoms with Gasteiger partial charge in [0.15, 0.2) is 0 Å². The molecule has 3 atom stereocenters. The fourth-order valence-electron chi connectivity index (χ4n) is 4.22. The third-order valence-electron chi connectivity index (χ3n) is 6.16. The molecule has 3 rings (SSSR count). The Morgan fingerprint density at radius 2 is 2.08 bits per heavy atom. The molecule has 1 fully saturated rings. The summed E-state index contributed by atoms with van der Waals surface area (Å²) >= 11 is 0. The second-order valence-electron chi connectivity index (χ2n) is 8.22. The van der Waals surface area contributed by atoms with Gasteiger partial charge in [-0.3, -0.25) is 0 Å². The molecule has 1 heterocycles. The van der Waals surface area contributed by atoms with Gasteiger partial charge in [-0.25, -0.2) is 0 Å². The molecule has 2 nitrogen and oxygen atoms in total. The molecule has 0 spiro atoms. The minimum absolute atomic E-state index is 0.366. The zero-order valence-corrected chi connectivity index (χ0v) is 16.8. The van der Waals surface area contributed by atoms with Gasteiger partial charge in [0.1, 0.15) is 5.60 Å². The molecule has 2 aliphatic carbocycles. The Kier molecular flexibility index (Phi) is 6.72. The van der Waals surface area contributed by atoms with Gasteiger partial charge >= 0.3 is 0 Å². The average Bonchev–Trinajstić information content (AvgIpc) is 2.93. The van der Waals surface area contributed by atoms with Crippen molar-refractivity contribution in [2.24, 2.45) is 5.92 Å². The van der Waals surface area contributed by atoms with Crippen molar-refractivity contribution in [1.82, 2.24) is 4.90 Å². The second-order valence-corrected chi connectivity index (χ2v) is 8.22. The summed E-state index contributed by atoms with van der Waals surface area (Å²) in [5, 5.41) is 0. The van der Waals surface area contributed by atoms with Gasteiger partial charge in [-0.2, -0.15) is 0 Å². The summed E-state index contributed by atoms with van der Waals surface area (Å²) in [6.45, 7) is 6.56. The molecule has 1 saturated heterocycles. The molecule has 0 aromatic rings. The van der Waals surface area contributed by atoms with Crippen molar-refractivity contribution in [3.05, 3.63) is 59.8 Å². The van der Waals surface area contributed by atoms with E-state index < -0.39 is 0 Å². The summed E-state index contributed by atoms with van der Waals surface area (Å²) in [5.41, 5.74) is 2.20. The lowest BCUT2D eigenvalue weighted by Gasteiger charge is -2.37. The predicted octanol–water partition coefficient (Wildman–Crippen LogP) is 5.60. The topological polar surface area (TPSA) is 12.5 Å². The maximum Gasteiger partial charge on any atom is 0.115 e. The predicted molar refractivity (Wildman–Crippen MR) is 111 cm³/mol.